The highest BCUT2D eigenvalue weighted by atomic mass is 28.3. The second-order valence-corrected chi connectivity index (χ2v) is 15.1. The van der Waals surface area contributed by atoms with Crippen LogP contribution in [0.25, 0.3) is 0 Å². The van der Waals surface area contributed by atoms with Crippen LogP contribution in [0.4, 0.5) is 0 Å². The number of phenols is 1. The van der Waals surface area contributed by atoms with Gasteiger partial charge in [0.15, 0.2) is 0 Å². The minimum Gasteiger partial charge on any atom is -0.508 e. The van der Waals surface area contributed by atoms with Crippen molar-refractivity contribution in [1.29, 1.82) is 0 Å². The van der Waals surface area contributed by atoms with Crippen molar-refractivity contribution in [3.8, 4) is 5.75 Å². The van der Waals surface area contributed by atoms with Crippen molar-refractivity contribution in [2.24, 2.45) is 11.8 Å². The van der Waals surface area contributed by atoms with E-state index in [1.807, 2.05) is 6.92 Å². The van der Waals surface area contributed by atoms with E-state index >= 15 is 0 Å². The Morgan fingerprint density at radius 3 is 2.38 bits per heavy atom. The topological polar surface area (TPSA) is 93.1 Å². The van der Waals surface area contributed by atoms with Crippen molar-refractivity contribution < 1.29 is 29.3 Å². The van der Waals surface area contributed by atoms with E-state index in [1.165, 1.54) is 0 Å². The van der Waals surface area contributed by atoms with Gasteiger partial charge in [0.25, 0.3) is 0 Å². The van der Waals surface area contributed by atoms with Crippen LogP contribution in [0.5, 0.6) is 5.75 Å². The maximum Gasteiger partial charge on any atom is 0.310 e. The maximum absolute atomic E-state index is 13.1. The predicted octanol–water partition coefficient (Wildman–Crippen LogP) is 3.40. The first-order chi connectivity index (χ1) is 13.6. The lowest BCUT2D eigenvalue weighted by Crippen LogP contribution is -2.52. The van der Waals surface area contributed by atoms with E-state index in [0.29, 0.717) is 19.4 Å². The summed E-state index contributed by atoms with van der Waals surface area (Å²) in [5, 5.41) is 20.7. The number of fused-ring (bicyclic) bond motifs is 2. The minimum atomic E-state index is -1.36. The second kappa shape index (κ2) is 8.48. The minimum absolute atomic E-state index is 0.0819. The van der Waals surface area contributed by atoms with Gasteiger partial charge in [-0.05, 0) is 42.1 Å². The number of carbonyl (C=O) groups is 2. The Kier molecular flexibility index (Phi) is 6.38. The van der Waals surface area contributed by atoms with Gasteiger partial charge in [-0.1, -0.05) is 32.6 Å². The van der Waals surface area contributed by atoms with Crippen LogP contribution in [-0.2, 0) is 19.1 Å². The first-order valence-corrected chi connectivity index (χ1v) is 14.2. The number of hydrogen-bond acceptors (Lipinski definition) is 6. The molecule has 29 heavy (non-hydrogen) atoms. The SMILES string of the molecule is CCCOC(=O)[C@H]1[C@H](C(=O)OCC[Si](C)(C)C)C2CC(O)[C@H]1c1cc(O)ccc12. The van der Waals surface area contributed by atoms with E-state index in [2.05, 4.69) is 19.6 Å². The van der Waals surface area contributed by atoms with Gasteiger partial charge in [0.2, 0.25) is 0 Å². The Morgan fingerprint density at radius 2 is 1.72 bits per heavy atom. The number of carbonyl (C=O) groups excluding carboxylic acids is 2. The summed E-state index contributed by atoms with van der Waals surface area (Å²) >= 11 is 0. The summed E-state index contributed by atoms with van der Waals surface area (Å²) < 4.78 is 11.0. The molecule has 0 aliphatic heterocycles. The van der Waals surface area contributed by atoms with Crippen LogP contribution in [0.15, 0.2) is 18.2 Å². The first-order valence-electron chi connectivity index (χ1n) is 10.5. The predicted molar refractivity (Wildman–Crippen MR) is 112 cm³/mol. The molecule has 0 amide bonds. The highest BCUT2D eigenvalue weighted by Crippen LogP contribution is 2.56. The molecule has 2 bridgehead atoms. The fraction of sp³-hybridized carbons (Fsp3) is 0.636. The van der Waals surface area contributed by atoms with Gasteiger partial charge in [-0.15, -0.1) is 0 Å². The van der Waals surface area contributed by atoms with Crippen LogP contribution < -0.4 is 0 Å². The normalized spacial score (nSPS) is 28.0. The number of ether oxygens (including phenoxy) is 2. The lowest BCUT2D eigenvalue weighted by atomic mass is 9.55. The molecule has 3 aliphatic rings. The Balaban J connectivity index is 1.93. The van der Waals surface area contributed by atoms with Crippen molar-refractivity contribution in [2.75, 3.05) is 13.2 Å². The monoisotopic (exact) mass is 420 g/mol. The van der Waals surface area contributed by atoms with Gasteiger partial charge in [0, 0.05) is 19.9 Å². The van der Waals surface area contributed by atoms with Crippen LogP contribution in [0.3, 0.4) is 0 Å². The Hall–Kier alpha value is -1.86. The molecule has 0 spiro atoms. The second-order valence-electron chi connectivity index (χ2n) is 9.45. The number of rotatable bonds is 7. The molecule has 2 N–H and O–H groups in total. The van der Waals surface area contributed by atoms with Crippen LogP contribution in [-0.4, -0.2) is 49.5 Å². The summed E-state index contributed by atoms with van der Waals surface area (Å²) in [7, 11) is -1.36. The first kappa shape index (κ1) is 21.8. The average Bonchev–Trinajstić information content (AvgIpc) is 2.64. The van der Waals surface area contributed by atoms with E-state index < -0.39 is 37.9 Å². The molecule has 0 radical (unpaired) electrons. The molecule has 0 aromatic heterocycles. The van der Waals surface area contributed by atoms with Crippen LogP contribution in [0.1, 0.15) is 42.7 Å². The lowest BCUT2D eigenvalue weighted by molar-refractivity contribution is -0.169. The Labute approximate surface area is 173 Å². The van der Waals surface area contributed by atoms with Gasteiger partial charge in [-0.2, -0.15) is 0 Å². The van der Waals surface area contributed by atoms with Crippen LogP contribution in [0.2, 0.25) is 25.7 Å². The quantitative estimate of drug-likeness (QED) is 0.519. The number of phenolic OH excluding ortho intramolecular Hbond substituents is 1. The van der Waals surface area contributed by atoms with Crippen molar-refractivity contribution in [1.82, 2.24) is 0 Å². The van der Waals surface area contributed by atoms with Gasteiger partial charge in [-0.25, -0.2) is 0 Å². The van der Waals surface area contributed by atoms with Crippen molar-refractivity contribution in [2.45, 2.75) is 63.4 Å². The molecule has 3 aliphatic carbocycles. The fourth-order valence-electron chi connectivity index (χ4n) is 4.63. The Bertz CT molecular complexity index is 771. The van der Waals surface area contributed by atoms with Gasteiger partial charge < -0.3 is 19.7 Å². The maximum atomic E-state index is 13.1. The summed E-state index contributed by atoms with van der Waals surface area (Å²) in [5.74, 6) is -3.16. The molecule has 5 atom stereocenters. The fourth-order valence-corrected chi connectivity index (χ4v) is 5.35. The summed E-state index contributed by atoms with van der Waals surface area (Å²) in [6, 6.07) is 5.84. The van der Waals surface area contributed by atoms with Gasteiger partial charge in [0.1, 0.15) is 5.75 Å². The molecular weight excluding hydrogens is 388 g/mol. The van der Waals surface area contributed by atoms with Crippen LogP contribution >= 0.6 is 0 Å². The summed E-state index contributed by atoms with van der Waals surface area (Å²) in [4.78, 5) is 26.0. The van der Waals surface area contributed by atoms with Crippen molar-refractivity contribution in [3.05, 3.63) is 29.3 Å². The third-order valence-electron chi connectivity index (χ3n) is 6.04. The van der Waals surface area contributed by atoms with Crippen molar-refractivity contribution in [3.63, 3.8) is 0 Å². The third kappa shape index (κ3) is 4.51. The van der Waals surface area contributed by atoms with E-state index in [4.69, 9.17) is 9.47 Å². The number of hydrogen-bond donors (Lipinski definition) is 2. The zero-order valence-corrected chi connectivity index (χ0v) is 18.7. The third-order valence-corrected chi connectivity index (χ3v) is 7.74. The standard InChI is InChI=1S/C22H32O6Si/c1-5-8-27-22(26)20-18-15-11-13(23)6-7-14(15)16(12-17(18)24)19(20)21(25)28-9-10-29(2,3)4/h6-7,11,16-20,23-24H,5,8-10,12H2,1-4H3/t16?,17?,18-,19-,20-/m1/s1. The number of esters is 2. The smallest absolute Gasteiger partial charge is 0.310 e. The molecule has 1 aromatic carbocycles. The number of aromatic hydroxyl groups is 1. The molecule has 0 saturated heterocycles. The number of aliphatic hydroxyl groups is 1. The zero-order valence-electron chi connectivity index (χ0n) is 17.7. The molecule has 0 heterocycles. The van der Waals surface area contributed by atoms with E-state index in [-0.39, 0.29) is 24.2 Å². The molecular formula is C22H32O6Si. The lowest BCUT2D eigenvalue weighted by Gasteiger charge is -2.49. The van der Waals surface area contributed by atoms with E-state index in [0.717, 1.165) is 17.2 Å². The molecule has 6 nitrogen and oxygen atoms in total. The van der Waals surface area contributed by atoms with E-state index in [9.17, 15) is 19.8 Å². The molecule has 4 rings (SSSR count). The van der Waals surface area contributed by atoms with E-state index in [1.54, 1.807) is 18.2 Å². The largest absolute Gasteiger partial charge is 0.508 e. The van der Waals surface area contributed by atoms with Crippen LogP contribution in [0, 0.1) is 11.8 Å². The van der Waals surface area contributed by atoms with Crippen molar-refractivity contribution >= 4 is 20.0 Å². The zero-order chi connectivity index (χ0) is 21.3. The number of aliphatic hydroxyl groups excluding tert-OH is 1. The van der Waals surface area contributed by atoms with Gasteiger partial charge >= 0.3 is 11.9 Å². The molecule has 2 unspecified atom stereocenters. The highest BCUT2D eigenvalue weighted by molar-refractivity contribution is 6.76. The Morgan fingerprint density at radius 1 is 1.07 bits per heavy atom. The molecule has 1 fully saturated rings. The van der Waals surface area contributed by atoms with Gasteiger partial charge in [-0.3, -0.25) is 9.59 Å². The molecule has 7 heteroatoms. The molecule has 1 aromatic rings. The highest BCUT2D eigenvalue weighted by Gasteiger charge is 2.57. The summed E-state index contributed by atoms with van der Waals surface area (Å²) in [6.07, 6.45) is 0.311. The average molecular weight is 421 g/mol. The summed E-state index contributed by atoms with van der Waals surface area (Å²) in [6.45, 7) is 9.18. The molecule has 1 saturated carbocycles. The number of benzene rings is 1. The summed E-state index contributed by atoms with van der Waals surface area (Å²) in [5.41, 5.74) is 1.64. The molecule has 160 valence electrons. The van der Waals surface area contributed by atoms with Gasteiger partial charge in [0.05, 0.1) is 31.2 Å².